The van der Waals surface area contributed by atoms with Crippen LogP contribution in [0.15, 0.2) is 174 Å². The minimum atomic E-state index is -5.28. The average molecular weight is 2090 g/mol. The second kappa shape index (κ2) is 38.7. The molecule has 0 spiro atoms. The first kappa shape index (κ1) is 102. The number of benzene rings is 3. The van der Waals surface area contributed by atoms with E-state index in [1.54, 1.807) is 44.4 Å². The number of nitrogens with zero attached hydrogens (tertiary/aromatic N) is 12. The Morgan fingerprint density at radius 3 is 1.33 bits per heavy atom. The van der Waals surface area contributed by atoms with Crippen LogP contribution in [0.5, 0.6) is 0 Å². The number of nitrogens with one attached hydrogen (secondary N) is 3. The van der Waals surface area contributed by atoms with Crippen LogP contribution < -0.4 is 49.9 Å². The van der Waals surface area contributed by atoms with Gasteiger partial charge in [0.05, 0.1) is 131 Å². The summed E-state index contributed by atoms with van der Waals surface area (Å²) in [6, 6.07) is 35.2. The van der Waals surface area contributed by atoms with Gasteiger partial charge in [-0.15, -0.1) is 0 Å². The molecule has 147 heavy (non-hydrogen) atoms. The van der Waals surface area contributed by atoms with Crippen molar-refractivity contribution >= 4 is 104 Å². The Morgan fingerprint density at radius 2 is 0.918 bits per heavy atom. The van der Waals surface area contributed by atoms with Gasteiger partial charge < -0.3 is 66.9 Å². The van der Waals surface area contributed by atoms with Crippen LogP contribution in [0.2, 0.25) is 0 Å². The van der Waals surface area contributed by atoms with E-state index in [1.807, 2.05) is 91.0 Å². The van der Waals surface area contributed by atoms with Gasteiger partial charge in [-0.1, -0.05) is 96.1 Å². The van der Waals surface area contributed by atoms with Crippen molar-refractivity contribution in [3.05, 3.63) is 263 Å². The normalized spacial score (nSPS) is 24.6. The number of cyclic esters (lactones) is 3. The molecule has 2 amide bonds. The Balaban J connectivity index is 0.000000139. The van der Waals surface area contributed by atoms with Gasteiger partial charge in [0.15, 0.2) is 12.3 Å². The summed E-state index contributed by atoms with van der Waals surface area (Å²) in [6.07, 6.45) is -5.49. The lowest BCUT2D eigenvalue weighted by atomic mass is 9.86. The fourth-order valence-corrected chi connectivity index (χ4v) is 23.0. The molecule has 52 heteroatoms. The number of para-hydroxylation sites is 3. The third kappa shape index (κ3) is 18.6. The molecule has 18 heterocycles. The molecular weight excluding hydrogens is 1990 g/mol. The number of ether oxygens (including phenoxy) is 7. The lowest BCUT2D eigenvalue weighted by Gasteiger charge is -2.36. The summed E-state index contributed by atoms with van der Waals surface area (Å²) < 4.78 is 150. The number of phosphoric acid groups is 3. The van der Waals surface area contributed by atoms with Crippen molar-refractivity contribution in [2.24, 2.45) is 17.8 Å². The number of carbonyl (C=O) groups is 6. The van der Waals surface area contributed by atoms with E-state index in [-0.39, 0.29) is 103 Å². The van der Waals surface area contributed by atoms with Crippen LogP contribution in [0.1, 0.15) is 157 Å². The van der Waals surface area contributed by atoms with E-state index in [0.717, 1.165) is 72.8 Å². The number of phosphoric ester groups is 3. The third-order valence-corrected chi connectivity index (χ3v) is 30.4. The fraction of sp³-hybridized carbons (Fsp3) is 0.379. The molecule has 0 saturated carbocycles. The first-order chi connectivity index (χ1) is 69.8. The maximum Gasteiger partial charge on any atom is 0.473 e. The van der Waals surface area contributed by atoms with Gasteiger partial charge in [0.1, 0.15) is 38.2 Å². The van der Waals surface area contributed by atoms with Crippen molar-refractivity contribution in [2.45, 2.75) is 193 Å². The number of amides is 2. The Hall–Kier alpha value is -14.0. The number of esters is 4. The smallest absolute Gasteiger partial charge is 0.458 e. The van der Waals surface area contributed by atoms with Crippen LogP contribution in [0.25, 0.3) is 66.9 Å². The van der Waals surface area contributed by atoms with Crippen LogP contribution in [-0.2, 0) is 159 Å². The summed E-state index contributed by atoms with van der Waals surface area (Å²) in [4.78, 5) is 226. The first-order valence-corrected chi connectivity index (χ1v) is 50.8. The fourth-order valence-electron chi connectivity index (χ4n) is 19.7. The van der Waals surface area contributed by atoms with E-state index >= 15 is 8.78 Å². The number of carbonyl (C=O) groups excluding carboxylic acids is 6. The highest BCUT2D eigenvalue weighted by Gasteiger charge is 2.61. The van der Waals surface area contributed by atoms with Crippen LogP contribution in [0, 0.1) is 17.8 Å². The van der Waals surface area contributed by atoms with E-state index in [1.165, 1.54) is 55.4 Å². The molecule has 9 aliphatic rings. The monoisotopic (exact) mass is 2090 g/mol. The highest BCUT2D eigenvalue weighted by atomic mass is 31.2. The van der Waals surface area contributed by atoms with Gasteiger partial charge in [0.25, 0.3) is 28.2 Å². The molecule has 0 aliphatic carbocycles. The van der Waals surface area contributed by atoms with Crippen LogP contribution in [0.3, 0.4) is 0 Å². The van der Waals surface area contributed by atoms with E-state index < -0.39 is 203 Å². The molecule has 768 valence electrons. The van der Waals surface area contributed by atoms with E-state index in [0.29, 0.717) is 56.2 Å². The number of H-pyrrole nitrogens is 1. The third-order valence-electron chi connectivity index (χ3n) is 27.3. The lowest BCUT2D eigenvalue weighted by Crippen LogP contribution is -2.46. The van der Waals surface area contributed by atoms with Crippen LogP contribution >= 0.6 is 23.5 Å². The Labute approximate surface area is 826 Å². The number of fused-ring (bicyclic) bond motifs is 15. The summed E-state index contributed by atoms with van der Waals surface area (Å²) >= 11 is 0. The number of rotatable bonds is 24. The van der Waals surface area contributed by atoms with Crippen LogP contribution in [-0.4, -0.2) is 163 Å². The van der Waals surface area contributed by atoms with E-state index in [4.69, 9.17) is 75.3 Å². The highest BCUT2D eigenvalue weighted by Crippen LogP contribution is 2.59. The quantitative estimate of drug-likeness (QED) is 0.0187. The van der Waals surface area contributed by atoms with Crippen molar-refractivity contribution in [1.82, 2.24) is 62.3 Å². The van der Waals surface area contributed by atoms with Gasteiger partial charge in [-0.3, -0.25) is 84.7 Å². The SMILES string of the molecule is CC[C@@]1(OP(=O)(O)OC[C@H]2O[C@@H](n3ccc(=O)[nH]c3=O)[C@H](OC(C)=O)[C@@H]2C)C(=O)OCc2c1cc1n(c2=O)Cc2cc3ccccc3nc2-1.CC[C@@]1(OP(=O)(O)OC[C@H]2O[C@@H](n3ccc(NC(C)=O)nc3=O)C(F)(F)[C@@H]2C)C(=O)OCc2c1cc1n(c2=O)Cc2cc3ccccc3nc2-1.CC[C@@]1(OP(=O)(O)OC[C@H]2O[C@@H](n3cnc(NC(C)=O)nc3=O)C[C@@H]2C)C(=O)OCc2c1cc1n(c2=O)Cc2cc3ccccc3nc2-1. The number of hydrogen-bond acceptors (Lipinski definition) is 35. The molecule has 16 atom stereocenters. The van der Waals surface area contributed by atoms with E-state index in [2.05, 4.69) is 30.6 Å². The Kier molecular flexibility index (Phi) is 26.7. The molecule has 3 fully saturated rings. The zero-order chi connectivity index (χ0) is 105. The Bertz CT molecular complexity index is 8180. The van der Waals surface area contributed by atoms with Gasteiger partial charge in [-0.05, 0) is 92.3 Å². The Morgan fingerprint density at radius 1 is 0.503 bits per heavy atom. The summed E-state index contributed by atoms with van der Waals surface area (Å²) in [6.45, 7) is 10.4. The standard InChI is InChI=1S/C32H30F2N5O10P.C32H31N4O12P.C31H31N6O10P/c1-4-31(21-12-23-26-19(11-18-7-5-6-8-22(18)36-26)13-39(23)27(41)20(21)14-46-29(31)42)49-50(44,45)47-15-24-16(2)32(33,34)28(48-24)38-10-9-25(35-17(3)40)37-30(38)43;1-4-32(48-49(42,43)45-15-24-16(2)27(46-17(3)37)29(47-24)35-10-9-25(38)34-31(35)41)21-12-23-26-19(11-18-7-5-6-8-22(18)33-26)13-36(23)28(39)20(21)14-44-30(32)40;1-4-31(47-48(42,43)45-14-24-16(2)9-25(46-24)37-15-32-29(33-17(3)38)35-30(37)41)21-11-23-26-19(10-18-7-5-6-8-22(18)34-26)12-36(23)27(39)20(21)13-44-28(31)40/h5-12,16,24,28H,4,13-15H2,1-3H3,(H,44,45)(H,35,37,40,43);5-12,16,24,27,29H,4,13-15H2,1-3H3,(H,42,43)(H,34,38,41);5-8,10-11,15-16,24-25H,4,9,12-14H2,1-3H3,(H,42,43)(H,33,35,38,41)/t16-,24-,28-,31+;16-,24-,27-,29-,32+;16-,24+,25+,31-/m110/s1. The summed E-state index contributed by atoms with van der Waals surface area (Å²) in [5, 5.41) is 7.29. The minimum Gasteiger partial charge on any atom is -0.458 e. The van der Waals surface area contributed by atoms with Gasteiger partial charge in [0, 0.05) is 94.7 Å². The number of anilines is 2. The molecular formula is C95H92F2N15O32P3. The molecule has 6 N–H and O–H groups in total. The summed E-state index contributed by atoms with van der Waals surface area (Å²) in [5.41, 5.74) is -3.53. The molecule has 0 radical (unpaired) electrons. The second-order valence-electron chi connectivity index (χ2n) is 36.4. The minimum absolute atomic E-state index is 0.000139. The summed E-state index contributed by atoms with van der Waals surface area (Å²) in [5.74, 6) is -11.1. The highest BCUT2D eigenvalue weighted by molar-refractivity contribution is 7.48. The molecule has 3 saturated heterocycles. The lowest BCUT2D eigenvalue weighted by molar-refractivity contribution is -0.171. The molecule has 9 aliphatic heterocycles. The molecule has 47 nitrogen and oxygen atoms in total. The van der Waals surface area contributed by atoms with Crippen molar-refractivity contribution < 1.29 is 126 Å². The number of aromatic amines is 1. The maximum absolute atomic E-state index is 15.4. The number of hydrogen-bond donors (Lipinski definition) is 6. The number of alkyl halides is 2. The zero-order valence-electron chi connectivity index (χ0n) is 79.4. The van der Waals surface area contributed by atoms with Crippen molar-refractivity contribution in [3.8, 4) is 34.2 Å². The molecule has 0 bridgehead atoms. The van der Waals surface area contributed by atoms with E-state index in [9.17, 15) is 90.7 Å². The second-order valence-corrected chi connectivity index (χ2v) is 40.6. The topological polar surface area (TPSA) is 601 Å². The largest absolute Gasteiger partial charge is 0.473 e. The van der Waals surface area contributed by atoms with Crippen molar-refractivity contribution in [2.75, 3.05) is 30.5 Å². The predicted molar refractivity (Wildman–Crippen MR) is 507 cm³/mol. The molecule has 3 unspecified atom stereocenters. The zero-order valence-corrected chi connectivity index (χ0v) is 82.1. The van der Waals surface area contributed by atoms with Crippen LogP contribution in [0.4, 0.5) is 20.5 Å². The number of halogens is 2. The first-order valence-electron chi connectivity index (χ1n) is 46.3. The van der Waals surface area contributed by atoms with Gasteiger partial charge in [-0.25, -0.2) is 71.2 Å². The molecule has 12 aromatic rings. The van der Waals surface area contributed by atoms with Gasteiger partial charge >= 0.3 is 64.4 Å². The molecule has 3 aromatic carbocycles. The number of aromatic nitrogens is 13. The van der Waals surface area contributed by atoms with Gasteiger partial charge in [0.2, 0.25) is 40.8 Å². The molecule has 9 aromatic heterocycles. The van der Waals surface area contributed by atoms with Gasteiger partial charge in [-0.2, -0.15) is 9.97 Å². The maximum atomic E-state index is 15.4. The summed E-state index contributed by atoms with van der Waals surface area (Å²) in [7, 11) is -15.4. The van der Waals surface area contributed by atoms with Crippen molar-refractivity contribution in [3.63, 3.8) is 0 Å². The molecule has 21 rings (SSSR count). The predicted octanol–water partition coefficient (Wildman–Crippen LogP) is 8.60. The number of pyridine rings is 6. The van der Waals surface area contributed by atoms with Crippen molar-refractivity contribution in [1.29, 1.82) is 0 Å². The average Bonchev–Trinajstić information content (AvgIpc) is 1.67.